The maximum absolute atomic E-state index is 13.2. The van der Waals surface area contributed by atoms with E-state index < -0.39 is 5.92 Å². The van der Waals surface area contributed by atoms with Gasteiger partial charge >= 0.3 is 5.97 Å². The molecule has 0 radical (unpaired) electrons. The van der Waals surface area contributed by atoms with Gasteiger partial charge in [0.15, 0.2) is 0 Å². The van der Waals surface area contributed by atoms with Crippen molar-refractivity contribution < 1.29 is 14.4 Å². The largest absolute Gasteiger partial charge is 0.460 e. The van der Waals surface area contributed by atoms with Gasteiger partial charge in [-0.25, -0.2) is 4.98 Å². The van der Waals surface area contributed by atoms with Crippen molar-refractivity contribution in [3.63, 3.8) is 0 Å². The van der Waals surface area contributed by atoms with Crippen molar-refractivity contribution in [3.05, 3.63) is 56.9 Å². The highest BCUT2D eigenvalue weighted by atomic mass is 16.6. The zero-order chi connectivity index (χ0) is 20.3. The lowest BCUT2D eigenvalue weighted by Crippen LogP contribution is -2.32. The summed E-state index contributed by atoms with van der Waals surface area (Å²) in [5.74, 6) is 5.23. The monoisotopic (exact) mass is 391 g/mol. The number of rotatable bonds is 3. The van der Waals surface area contributed by atoms with Crippen molar-refractivity contribution in [2.24, 2.45) is 5.90 Å². The van der Waals surface area contributed by atoms with Gasteiger partial charge in [-0.1, -0.05) is 13.8 Å². The summed E-state index contributed by atoms with van der Waals surface area (Å²) in [4.78, 5) is 35.2. The third-order valence-corrected chi connectivity index (χ3v) is 6.09. The third kappa shape index (κ3) is 2.43. The summed E-state index contributed by atoms with van der Waals surface area (Å²) in [7, 11) is 0. The van der Waals surface area contributed by atoms with Gasteiger partial charge in [0.2, 0.25) is 0 Å². The zero-order valence-electron chi connectivity index (χ0n) is 16.3. The first-order valence-electron chi connectivity index (χ1n) is 9.83. The van der Waals surface area contributed by atoms with Crippen LogP contribution in [-0.4, -0.2) is 15.5 Å². The number of pyridine rings is 2. The van der Waals surface area contributed by atoms with E-state index in [9.17, 15) is 9.59 Å². The van der Waals surface area contributed by atoms with Crippen LogP contribution in [0.1, 0.15) is 48.4 Å². The highest BCUT2D eigenvalue weighted by Gasteiger charge is 2.34. The molecule has 29 heavy (non-hydrogen) atoms. The first kappa shape index (κ1) is 17.9. The highest BCUT2D eigenvalue weighted by Crippen LogP contribution is 2.39. The van der Waals surface area contributed by atoms with Crippen LogP contribution in [0.25, 0.3) is 22.3 Å². The highest BCUT2D eigenvalue weighted by molar-refractivity contribution is 5.89. The molecule has 0 aliphatic carbocycles. The standard InChI is InChI=1S/C22H21N3O4/c1-3-12-15-7-11(29-23)5-6-18(15)24-20-16(12)9-25-19(20)8-14-13(4-2)22(27)28-10-17(14)21(25)26/h5-8,13H,3-4,9-10,23H2,1-2H3. The minimum absolute atomic E-state index is 0.0351. The van der Waals surface area contributed by atoms with Gasteiger partial charge in [0.05, 0.1) is 34.9 Å². The fourth-order valence-corrected chi connectivity index (χ4v) is 4.64. The quantitative estimate of drug-likeness (QED) is 0.426. The molecule has 2 aromatic heterocycles. The molecule has 7 heteroatoms. The number of esters is 1. The second-order valence-electron chi connectivity index (χ2n) is 7.49. The van der Waals surface area contributed by atoms with Crippen LogP contribution in [0.4, 0.5) is 0 Å². The second-order valence-corrected chi connectivity index (χ2v) is 7.49. The number of carbonyl (C=O) groups excluding carboxylic acids is 1. The van der Waals surface area contributed by atoms with E-state index in [2.05, 4.69) is 6.92 Å². The molecular formula is C22H21N3O4. The minimum Gasteiger partial charge on any atom is -0.460 e. The molecule has 2 N–H and O–H groups in total. The summed E-state index contributed by atoms with van der Waals surface area (Å²) >= 11 is 0. The lowest BCUT2D eigenvalue weighted by atomic mass is 9.90. The van der Waals surface area contributed by atoms with Crippen LogP contribution in [0.5, 0.6) is 5.75 Å². The molecule has 1 unspecified atom stereocenters. The van der Waals surface area contributed by atoms with Crippen molar-refractivity contribution in [2.75, 3.05) is 0 Å². The Labute approximate surface area is 167 Å². The van der Waals surface area contributed by atoms with Gasteiger partial charge in [-0.05, 0) is 48.2 Å². The normalized spacial score (nSPS) is 16.9. The van der Waals surface area contributed by atoms with Crippen LogP contribution >= 0.6 is 0 Å². The summed E-state index contributed by atoms with van der Waals surface area (Å²) in [5.41, 5.74) is 5.83. The van der Waals surface area contributed by atoms with Gasteiger partial charge in [-0.3, -0.25) is 9.59 Å². The molecule has 0 bridgehead atoms. The smallest absolute Gasteiger partial charge is 0.313 e. The third-order valence-electron chi connectivity index (χ3n) is 6.09. The van der Waals surface area contributed by atoms with E-state index in [1.165, 1.54) is 0 Å². The van der Waals surface area contributed by atoms with Crippen molar-refractivity contribution in [3.8, 4) is 17.1 Å². The number of hydrogen-bond acceptors (Lipinski definition) is 6. The molecule has 2 aliphatic heterocycles. The molecule has 0 amide bonds. The van der Waals surface area contributed by atoms with E-state index in [-0.39, 0.29) is 18.1 Å². The first-order valence-corrected chi connectivity index (χ1v) is 9.83. The topological polar surface area (TPSA) is 96.4 Å². The van der Waals surface area contributed by atoms with Crippen LogP contribution in [0.15, 0.2) is 29.1 Å². The molecule has 0 saturated carbocycles. The van der Waals surface area contributed by atoms with Crippen LogP contribution in [0.2, 0.25) is 0 Å². The molecule has 2 aliphatic rings. The maximum Gasteiger partial charge on any atom is 0.313 e. The molecule has 148 valence electrons. The SMILES string of the molecule is CCc1c2c(nc3ccc(ON)cc13)-c1cc3c(c(=O)n1C2)COC(=O)C3CC. The predicted molar refractivity (Wildman–Crippen MR) is 108 cm³/mol. The van der Waals surface area contributed by atoms with Crippen LogP contribution < -0.4 is 16.3 Å². The van der Waals surface area contributed by atoms with Gasteiger partial charge in [0, 0.05) is 10.9 Å². The number of aromatic nitrogens is 2. The van der Waals surface area contributed by atoms with E-state index in [0.29, 0.717) is 24.3 Å². The molecule has 7 nitrogen and oxygen atoms in total. The molecule has 5 rings (SSSR count). The maximum atomic E-state index is 13.2. The fourth-order valence-electron chi connectivity index (χ4n) is 4.64. The Hall–Kier alpha value is -3.19. The molecule has 4 heterocycles. The summed E-state index contributed by atoms with van der Waals surface area (Å²) in [6, 6.07) is 7.51. The number of cyclic esters (lactones) is 1. The van der Waals surface area contributed by atoms with Crippen molar-refractivity contribution in [2.45, 2.75) is 45.8 Å². The van der Waals surface area contributed by atoms with E-state index in [1.807, 2.05) is 25.1 Å². The van der Waals surface area contributed by atoms with Gasteiger partial charge < -0.3 is 14.1 Å². The van der Waals surface area contributed by atoms with Crippen molar-refractivity contribution in [1.29, 1.82) is 0 Å². The van der Waals surface area contributed by atoms with Crippen LogP contribution in [-0.2, 0) is 29.1 Å². The molecule has 0 saturated heterocycles. The van der Waals surface area contributed by atoms with Gasteiger partial charge in [-0.2, -0.15) is 5.90 Å². The number of nitrogens with two attached hydrogens (primary N) is 1. The number of benzene rings is 1. The molecule has 3 aromatic rings. The van der Waals surface area contributed by atoms with Gasteiger partial charge in [-0.15, -0.1) is 0 Å². The predicted octanol–water partition coefficient (Wildman–Crippen LogP) is 2.79. The van der Waals surface area contributed by atoms with Crippen LogP contribution in [0, 0.1) is 0 Å². The lowest BCUT2D eigenvalue weighted by Gasteiger charge is -2.24. The zero-order valence-corrected chi connectivity index (χ0v) is 16.3. The Balaban J connectivity index is 1.79. The summed E-state index contributed by atoms with van der Waals surface area (Å²) in [5, 5.41) is 0.977. The van der Waals surface area contributed by atoms with Gasteiger partial charge in [0.1, 0.15) is 12.4 Å². The van der Waals surface area contributed by atoms with E-state index >= 15 is 0 Å². The van der Waals surface area contributed by atoms with Crippen LogP contribution in [0.3, 0.4) is 0 Å². The Morgan fingerprint density at radius 3 is 2.79 bits per heavy atom. The Morgan fingerprint density at radius 1 is 1.24 bits per heavy atom. The Bertz CT molecular complexity index is 1250. The fraction of sp³-hybridized carbons (Fsp3) is 0.318. The molecule has 0 spiro atoms. The summed E-state index contributed by atoms with van der Waals surface area (Å²) in [6.45, 7) is 4.51. The Morgan fingerprint density at radius 2 is 2.07 bits per heavy atom. The number of hydrogen-bond donors (Lipinski definition) is 1. The second kappa shape index (κ2) is 6.42. The van der Waals surface area contributed by atoms with Gasteiger partial charge in [0.25, 0.3) is 5.56 Å². The molecule has 1 atom stereocenters. The van der Waals surface area contributed by atoms with Crippen molar-refractivity contribution in [1.82, 2.24) is 9.55 Å². The number of nitrogens with zero attached hydrogens (tertiary/aromatic N) is 2. The van der Waals surface area contributed by atoms with E-state index in [0.717, 1.165) is 45.4 Å². The summed E-state index contributed by atoms with van der Waals surface area (Å²) in [6.07, 6.45) is 1.38. The number of aryl methyl sites for hydroxylation is 1. The minimum atomic E-state index is -0.406. The molecule has 0 fully saturated rings. The molecule has 1 aromatic carbocycles. The number of fused-ring (bicyclic) bond motifs is 5. The van der Waals surface area contributed by atoms with E-state index in [1.54, 1.807) is 10.6 Å². The summed E-state index contributed by atoms with van der Waals surface area (Å²) < 4.78 is 7.02. The average Bonchev–Trinajstić information content (AvgIpc) is 3.10. The number of ether oxygens (including phenoxy) is 1. The lowest BCUT2D eigenvalue weighted by molar-refractivity contribution is -0.148. The van der Waals surface area contributed by atoms with Crippen molar-refractivity contribution >= 4 is 16.9 Å². The first-order chi connectivity index (χ1) is 14.1. The molecular weight excluding hydrogens is 370 g/mol. The average molecular weight is 391 g/mol. The number of carbonyl (C=O) groups is 1. The Kier molecular flexibility index (Phi) is 3.96. The van der Waals surface area contributed by atoms with E-state index in [4.69, 9.17) is 20.5 Å².